The molecule has 156 valence electrons. The van der Waals surface area contributed by atoms with Gasteiger partial charge in [-0.05, 0) is 42.2 Å². The van der Waals surface area contributed by atoms with Crippen molar-refractivity contribution in [3.63, 3.8) is 0 Å². The van der Waals surface area contributed by atoms with Gasteiger partial charge in [0.05, 0.1) is 12.6 Å². The molecule has 0 radical (unpaired) electrons. The summed E-state index contributed by atoms with van der Waals surface area (Å²) in [7, 11) is 1.92. The van der Waals surface area contributed by atoms with Crippen molar-refractivity contribution in [2.75, 3.05) is 33.2 Å². The number of aliphatic imine (C=N–C) groups is 1. The molecule has 0 aliphatic carbocycles. The lowest BCUT2D eigenvalue weighted by Crippen LogP contribution is -2.41. The van der Waals surface area contributed by atoms with Crippen molar-refractivity contribution in [2.45, 2.75) is 32.5 Å². The molecule has 0 spiro atoms. The predicted molar refractivity (Wildman–Crippen MR) is 115 cm³/mol. The average molecular weight is 399 g/mol. The number of rotatable bonds is 7. The highest BCUT2D eigenvalue weighted by atomic mass is 19.1. The van der Waals surface area contributed by atoms with Gasteiger partial charge in [0.1, 0.15) is 5.82 Å². The Balaban J connectivity index is 1.55. The van der Waals surface area contributed by atoms with Crippen molar-refractivity contribution in [1.82, 2.24) is 15.1 Å². The Morgan fingerprint density at radius 1 is 1.24 bits per heavy atom. The van der Waals surface area contributed by atoms with Crippen LogP contribution in [0, 0.1) is 5.82 Å². The molecular formula is C23H31FN4O. The van der Waals surface area contributed by atoms with E-state index in [1.807, 2.05) is 24.9 Å². The number of benzene rings is 2. The van der Waals surface area contributed by atoms with Gasteiger partial charge in [0.2, 0.25) is 0 Å². The number of guanidine groups is 1. The van der Waals surface area contributed by atoms with E-state index in [0.29, 0.717) is 25.6 Å². The highest BCUT2D eigenvalue weighted by molar-refractivity contribution is 5.79. The van der Waals surface area contributed by atoms with Crippen molar-refractivity contribution in [1.29, 1.82) is 0 Å². The Morgan fingerprint density at radius 3 is 2.79 bits per heavy atom. The van der Waals surface area contributed by atoms with Crippen LogP contribution in [0.2, 0.25) is 0 Å². The monoisotopic (exact) mass is 398 g/mol. The summed E-state index contributed by atoms with van der Waals surface area (Å²) in [4.78, 5) is 8.83. The molecule has 0 fully saturated rings. The van der Waals surface area contributed by atoms with Gasteiger partial charge in [-0.2, -0.15) is 0 Å². The van der Waals surface area contributed by atoms with E-state index in [-0.39, 0.29) is 5.82 Å². The Bertz CT molecular complexity index is 826. The number of aliphatic hydroxyl groups excluding tert-OH is 1. The smallest absolute Gasteiger partial charge is 0.194 e. The quantitative estimate of drug-likeness (QED) is 0.556. The molecule has 0 saturated heterocycles. The first kappa shape index (κ1) is 21.3. The molecule has 29 heavy (non-hydrogen) atoms. The first-order valence-electron chi connectivity index (χ1n) is 10.3. The number of hydrogen-bond donors (Lipinski definition) is 2. The number of nitrogens with one attached hydrogen (secondary N) is 1. The van der Waals surface area contributed by atoms with Crippen LogP contribution < -0.4 is 5.32 Å². The Labute approximate surface area is 172 Å². The van der Waals surface area contributed by atoms with Crippen LogP contribution in [-0.2, 0) is 19.5 Å². The molecule has 6 heteroatoms. The first-order valence-corrected chi connectivity index (χ1v) is 10.3. The SMILES string of the molecule is CCNC(=NCC(O)CN1CCc2ccccc2C1)N(C)Cc1cccc(F)c1. The number of fused-ring (bicyclic) bond motifs is 1. The number of nitrogens with zero attached hydrogens (tertiary/aromatic N) is 3. The van der Waals surface area contributed by atoms with Crippen LogP contribution in [0.1, 0.15) is 23.6 Å². The number of halogens is 1. The van der Waals surface area contributed by atoms with E-state index < -0.39 is 6.10 Å². The van der Waals surface area contributed by atoms with Gasteiger partial charge >= 0.3 is 0 Å². The summed E-state index contributed by atoms with van der Waals surface area (Å²) in [6, 6.07) is 15.1. The van der Waals surface area contributed by atoms with Crippen molar-refractivity contribution in [3.8, 4) is 0 Å². The molecule has 2 N–H and O–H groups in total. The van der Waals surface area contributed by atoms with E-state index in [2.05, 4.69) is 39.5 Å². The van der Waals surface area contributed by atoms with Crippen molar-refractivity contribution < 1.29 is 9.50 Å². The molecule has 1 aliphatic heterocycles. The maximum atomic E-state index is 13.4. The second-order valence-electron chi connectivity index (χ2n) is 7.59. The molecule has 1 atom stereocenters. The van der Waals surface area contributed by atoms with Crippen LogP contribution in [0.3, 0.4) is 0 Å². The number of β-amino-alcohol motifs (C(OH)–C–C–N with tert-alkyl or cyclic N) is 1. The van der Waals surface area contributed by atoms with E-state index >= 15 is 0 Å². The molecule has 0 amide bonds. The number of aliphatic hydroxyl groups is 1. The van der Waals surface area contributed by atoms with Crippen molar-refractivity contribution in [2.24, 2.45) is 4.99 Å². The fourth-order valence-electron chi connectivity index (χ4n) is 3.71. The molecule has 0 aromatic heterocycles. The summed E-state index contributed by atoms with van der Waals surface area (Å²) in [6.07, 6.45) is 0.488. The van der Waals surface area contributed by atoms with Gasteiger partial charge in [-0.1, -0.05) is 36.4 Å². The van der Waals surface area contributed by atoms with Crippen LogP contribution in [-0.4, -0.2) is 60.2 Å². The molecule has 2 aromatic carbocycles. The van der Waals surface area contributed by atoms with Gasteiger partial charge in [0, 0.05) is 39.8 Å². The molecule has 1 aliphatic rings. The molecule has 0 saturated carbocycles. The Hall–Kier alpha value is -2.44. The van der Waals surface area contributed by atoms with Crippen molar-refractivity contribution >= 4 is 5.96 Å². The third-order valence-electron chi connectivity index (χ3n) is 5.14. The lowest BCUT2D eigenvalue weighted by atomic mass is 10.00. The highest BCUT2D eigenvalue weighted by Gasteiger charge is 2.18. The van der Waals surface area contributed by atoms with Crippen LogP contribution in [0.5, 0.6) is 0 Å². The molecule has 3 rings (SSSR count). The van der Waals surface area contributed by atoms with E-state index in [1.165, 1.54) is 23.3 Å². The minimum Gasteiger partial charge on any atom is -0.390 e. The third-order valence-corrected chi connectivity index (χ3v) is 5.14. The molecule has 1 unspecified atom stereocenters. The third kappa shape index (κ3) is 6.27. The van der Waals surface area contributed by atoms with Gasteiger partial charge in [0.25, 0.3) is 0 Å². The zero-order valence-corrected chi connectivity index (χ0v) is 17.3. The molecule has 1 heterocycles. The molecule has 2 aromatic rings. The topological polar surface area (TPSA) is 51.1 Å². The average Bonchev–Trinajstić information content (AvgIpc) is 2.71. The van der Waals surface area contributed by atoms with Gasteiger partial charge in [-0.15, -0.1) is 0 Å². The second kappa shape index (κ2) is 10.4. The first-order chi connectivity index (χ1) is 14.0. The fourth-order valence-corrected chi connectivity index (χ4v) is 3.71. The summed E-state index contributed by atoms with van der Waals surface area (Å²) in [5.74, 6) is 0.469. The van der Waals surface area contributed by atoms with Gasteiger partial charge in [0.15, 0.2) is 5.96 Å². The molecule has 0 bridgehead atoms. The lowest BCUT2D eigenvalue weighted by Gasteiger charge is -2.30. The van der Waals surface area contributed by atoms with Crippen LogP contribution in [0.4, 0.5) is 4.39 Å². The van der Waals surface area contributed by atoms with Gasteiger partial charge < -0.3 is 15.3 Å². The van der Waals surface area contributed by atoms with Crippen LogP contribution >= 0.6 is 0 Å². The Kier molecular flexibility index (Phi) is 7.61. The van der Waals surface area contributed by atoms with Crippen LogP contribution in [0.25, 0.3) is 0 Å². The minimum atomic E-state index is -0.531. The summed E-state index contributed by atoms with van der Waals surface area (Å²) >= 11 is 0. The van der Waals surface area contributed by atoms with E-state index in [1.54, 1.807) is 6.07 Å². The minimum absolute atomic E-state index is 0.239. The zero-order valence-electron chi connectivity index (χ0n) is 17.3. The predicted octanol–water partition coefficient (Wildman–Crippen LogP) is 2.64. The van der Waals surface area contributed by atoms with E-state index in [9.17, 15) is 9.50 Å². The maximum absolute atomic E-state index is 13.4. The van der Waals surface area contributed by atoms with E-state index in [4.69, 9.17) is 0 Å². The second-order valence-corrected chi connectivity index (χ2v) is 7.59. The normalized spacial score (nSPS) is 15.7. The maximum Gasteiger partial charge on any atom is 0.194 e. The summed E-state index contributed by atoms with van der Waals surface area (Å²) in [5.41, 5.74) is 3.63. The molecular weight excluding hydrogens is 367 g/mol. The number of hydrogen-bond acceptors (Lipinski definition) is 3. The van der Waals surface area contributed by atoms with Gasteiger partial charge in [-0.3, -0.25) is 9.89 Å². The summed E-state index contributed by atoms with van der Waals surface area (Å²) in [5, 5.41) is 13.8. The lowest BCUT2D eigenvalue weighted by molar-refractivity contribution is 0.111. The van der Waals surface area contributed by atoms with E-state index in [0.717, 1.165) is 31.6 Å². The standard InChI is InChI=1S/C23H31FN4O/c1-3-25-23(27(2)15-18-7-6-10-21(24)13-18)26-14-22(29)17-28-12-11-19-8-4-5-9-20(19)16-28/h4-10,13,22,29H,3,11-12,14-17H2,1-2H3,(H,25,26). The molecule has 5 nitrogen and oxygen atoms in total. The Morgan fingerprint density at radius 2 is 2.03 bits per heavy atom. The summed E-state index contributed by atoms with van der Waals surface area (Å²) < 4.78 is 13.4. The summed E-state index contributed by atoms with van der Waals surface area (Å²) in [6.45, 7) is 6.04. The van der Waals surface area contributed by atoms with Crippen LogP contribution in [0.15, 0.2) is 53.5 Å². The highest BCUT2D eigenvalue weighted by Crippen LogP contribution is 2.18. The largest absolute Gasteiger partial charge is 0.390 e. The zero-order chi connectivity index (χ0) is 20.6. The van der Waals surface area contributed by atoms with Gasteiger partial charge in [-0.25, -0.2) is 4.39 Å². The fraction of sp³-hybridized carbons (Fsp3) is 0.435. The van der Waals surface area contributed by atoms with Crippen molar-refractivity contribution in [3.05, 3.63) is 71.0 Å².